The topological polar surface area (TPSA) is 65.6 Å². The minimum atomic E-state index is 0.0457. The van der Waals surface area contributed by atoms with Crippen LogP contribution in [0.2, 0.25) is 0 Å². The molecule has 0 bridgehead atoms. The first-order valence-corrected chi connectivity index (χ1v) is 7.16. The molecule has 0 aliphatic heterocycles. The Hall–Kier alpha value is -1.98. The van der Waals surface area contributed by atoms with Crippen molar-refractivity contribution in [3.05, 3.63) is 29.6 Å². The van der Waals surface area contributed by atoms with Crippen LogP contribution in [0.15, 0.2) is 12.4 Å². The Balaban J connectivity index is 2.19. The number of aryl methyl sites for hydroxylation is 3. The Morgan fingerprint density at radius 1 is 1.25 bits per heavy atom. The average molecular weight is 275 g/mol. The second-order valence-electron chi connectivity index (χ2n) is 4.69. The second-order valence-corrected chi connectivity index (χ2v) is 4.69. The van der Waals surface area contributed by atoms with Crippen molar-refractivity contribution in [2.24, 2.45) is 0 Å². The minimum absolute atomic E-state index is 0.0457. The molecule has 0 saturated heterocycles. The zero-order valence-corrected chi connectivity index (χ0v) is 12.3. The van der Waals surface area contributed by atoms with Crippen molar-refractivity contribution in [3.8, 4) is 0 Å². The van der Waals surface area contributed by atoms with E-state index in [1.807, 2.05) is 19.9 Å². The molecular weight excluding hydrogens is 254 g/mol. The lowest BCUT2D eigenvalue weighted by molar-refractivity contribution is 0.0979. The van der Waals surface area contributed by atoms with E-state index in [0.717, 1.165) is 30.9 Å². The minimum Gasteiger partial charge on any atom is -0.292 e. The maximum Gasteiger partial charge on any atom is 0.188 e. The molecule has 6 heteroatoms. The first-order chi connectivity index (χ1) is 9.69. The monoisotopic (exact) mass is 275 g/mol. The Morgan fingerprint density at radius 2 is 2.05 bits per heavy atom. The van der Waals surface area contributed by atoms with E-state index in [1.165, 1.54) is 6.33 Å². The Bertz CT molecular complexity index is 584. The van der Waals surface area contributed by atoms with Gasteiger partial charge in [0.25, 0.3) is 0 Å². The molecule has 2 rings (SSSR count). The van der Waals surface area contributed by atoms with E-state index in [4.69, 9.17) is 0 Å². The quantitative estimate of drug-likeness (QED) is 0.724. The number of hydrogen-bond donors (Lipinski definition) is 0. The molecule has 20 heavy (non-hydrogen) atoms. The fourth-order valence-electron chi connectivity index (χ4n) is 2.17. The van der Waals surface area contributed by atoms with Crippen molar-refractivity contribution in [3.63, 3.8) is 0 Å². The Labute approximate surface area is 118 Å². The second kappa shape index (κ2) is 6.45. The fraction of sp³-hybridized carbons (Fsp3) is 0.571. The summed E-state index contributed by atoms with van der Waals surface area (Å²) in [7, 11) is 0. The predicted octanol–water partition coefficient (Wildman–Crippen LogP) is 1.89. The number of carbonyl (C=O) groups excluding carboxylic acids is 1. The van der Waals surface area contributed by atoms with Gasteiger partial charge in [0.15, 0.2) is 5.78 Å². The maximum absolute atomic E-state index is 12.4. The third-order valence-electron chi connectivity index (χ3n) is 3.23. The van der Waals surface area contributed by atoms with Gasteiger partial charge in [0.1, 0.15) is 17.8 Å². The summed E-state index contributed by atoms with van der Waals surface area (Å²) in [5.41, 5.74) is 1.61. The first kappa shape index (κ1) is 14.4. The molecule has 0 unspecified atom stereocenters. The predicted molar refractivity (Wildman–Crippen MR) is 75.6 cm³/mol. The lowest BCUT2D eigenvalue weighted by Gasteiger charge is -2.05. The van der Waals surface area contributed by atoms with Crippen LogP contribution < -0.4 is 0 Å². The van der Waals surface area contributed by atoms with Gasteiger partial charge in [-0.2, -0.15) is 10.2 Å². The molecule has 0 amide bonds. The van der Waals surface area contributed by atoms with Crippen molar-refractivity contribution in [2.45, 2.75) is 53.1 Å². The summed E-state index contributed by atoms with van der Waals surface area (Å²) in [4.78, 5) is 16.6. The van der Waals surface area contributed by atoms with Crippen molar-refractivity contribution in [1.29, 1.82) is 0 Å². The number of carbonyl (C=O) groups is 1. The highest BCUT2D eigenvalue weighted by atomic mass is 16.1. The smallest absolute Gasteiger partial charge is 0.188 e. The summed E-state index contributed by atoms with van der Waals surface area (Å²) < 4.78 is 3.56. The summed E-state index contributed by atoms with van der Waals surface area (Å²) in [6, 6.07) is 1.88. The molecule has 108 valence electrons. The molecule has 0 N–H and O–H groups in total. The Morgan fingerprint density at radius 3 is 2.70 bits per heavy atom. The highest BCUT2D eigenvalue weighted by Gasteiger charge is 2.17. The fourth-order valence-corrected chi connectivity index (χ4v) is 2.17. The van der Waals surface area contributed by atoms with Gasteiger partial charge in [-0.1, -0.05) is 13.8 Å². The Kier molecular flexibility index (Phi) is 4.65. The number of ketones is 1. The van der Waals surface area contributed by atoms with Crippen LogP contribution >= 0.6 is 0 Å². The van der Waals surface area contributed by atoms with Crippen molar-refractivity contribution in [1.82, 2.24) is 24.5 Å². The van der Waals surface area contributed by atoms with Crippen LogP contribution in [-0.4, -0.2) is 30.3 Å². The van der Waals surface area contributed by atoms with Gasteiger partial charge in [-0.25, -0.2) is 9.67 Å². The van der Waals surface area contributed by atoms with E-state index in [0.29, 0.717) is 12.2 Å². The van der Waals surface area contributed by atoms with Gasteiger partial charge in [0.2, 0.25) is 0 Å². The largest absolute Gasteiger partial charge is 0.292 e. The van der Waals surface area contributed by atoms with Crippen LogP contribution in [0, 0.1) is 0 Å². The van der Waals surface area contributed by atoms with E-state index in [2.05, 4.69) is 22.1 Å². The molecule has 0 radical (unpaired) electrons. The van der Waals surface area contributed by atoms with Crippen LogP contribution in [-0.2, 0) is 25.9 Å². The molecule has 0 fully saturated rings. The summed E-state index contributed by atoms with van der Waals surface area (Å²) in [6.45, 7) is 7.59. The average Bonchev–Trinajstić information content (AvgIpc) is 3.06. The molecular formula is C14H21N5O. The zero-order chi connectivity index (χ0) is 14.5. The maximum atomic E-state index is 12.4. The van der Waals surface area contributed by atoms with Crippen LogP contribution in [0.3, 0.4) is 0 Å². The van der Waals surface area contributed by atoms with Gasteiger partial charge in [0, 0.05) is 13.1 Å². The molecule has 0 atom stereocenters. The molecule has 0 aliphatic carbocycles. The molecule has 2 aromatic rings. The van der Waals surface area contributed by atoms with Crippen LogP contribution in [0.1, 0.15) is 49.2 Å². The van der Waals surface area contributed by atoms with Gasteiger partial charge < -0.3 is 0 Å². The molecule has 6 nitrogen and oxygen atoms in total. The number of aromatic nitrogens is 5. The van der Waals surface area contributed by atoms with E-state index in [-0.39, 0.29) is 12.2 Å². The standard InChI is InChI=1S/C14H21N5O/c1-4-7-19-14(15-10-16-19)9-13(20)12-8-11(5-2)17-18(12)6-3/h8,10H,4-7,9H2,1-3H3. The van der Waals surface area contributed by atoms with Crippen LogP contribution in [0.25, 0.3) is 0 Å². The van der Waals surface area contributed by atoms with Crippen molar-refractivity contribution >= 4 is 5.78 Å². The summed E-state index contributed by atoms with van der Waals surface area (Å²) >= 11 is 0. The van der Waals surface area contributed by atoms with E-state index in [9.17, 15) is 4.79 Å². The molecule has 0 aromatic carbocycles. The summed E-state index contributed by atoms with van der Waals surface area (Å²) in [5.74, 6) is 0.767. The third kappa shape index (κ3) is 2.95. The number of nitrogens with zero attached hydrogens (tertiary/aromatic N) is 5. The van der Waals surface area contributed by atoms with Crippen molar-refractivity contribution < 1.29 is 4.79 Å². The first-order valence-electron chi connectivity index (χ1n) is 7.16. The van der Waals surface area contributed by atoms with Crippen LogP contribution in [0.5, 0.6) is 0 Å². The summed E-state index contributed by atoms with van der Waals surface area (Å²) in [5, 5.41) is 8.56. The third-order valence-corrected chi connectivity index (χ3v) is 3.23. The number of hydrogen-bond acceptors (Lipinski definition) is 4. The highest BCUT2D eigenvalue weighted by Crippen LogP contribution is 2.10. The van der Waals surface area contributed by atoms with Gasteiger partial charge in [-0.05, 0) is 25.8 Å². The van der Waals surface area contributed by atoms with E-state index < -0.39 is 0 Å². The van der Waals surface area contributed by atoms with Gasteiger partial charge in [-0.15, -0.1) is 0 Å². The van der Waals surface area contributed by atoms with E-state index >= 15 is 0 Å². The van der Waals surface area contributed by atoms with Gasteiger partial charge in [0.05, 0.1) is 12.1 Å². The van der Waals surface area contributed by atoms with Gasteiger partial charge in [-0.3, -0.25) is 9.48 Å². The number of Topliss-reactive ketones (excluding diaryl/α,β-unsaturated/α-hetero) is 1. The lowest BCUT2D eigenvalue weighted by atomic mass is 10.2. The lowest BCUT2D eigenvalue weighted by Crippen LogP contribution is -2.15. The zero-order valence-electron chi connectivity index (χ0n) is 12.3. The van der Waals surface area contributed by atoms with Crippen molar-refractivity contribution in [2.75, 3.05) is 0 Å². The molecule has 0 aliphatic rings. The molecule has 2 heterocycles. The molecule has 0 spiro atoms. The van der Waals surface area contributed by atoms with E-state index in [1.54, 1.807) is 9.36 Å². The number of rotatable bonds is 7. The molecule has 2 aromatic heterocycles. The normalized spacial score (nSPS) is 10.9. The van der Waals surface area contributed by atoms with Crippen LogP contribution in [0.4, 0.5) is 0 Å². The molecule has 0 saturated carbocycles. The summed E-state index contributed by atoms with van der Waals surface area (Å²) in [6.07, 6.45) is 3.58. The van der Waals surface area contributed by atoms with Gasteiger partial charge >= 0.3 is 0 Å². The highest BCUT2D eigenvalue weighted by molar-refractivity contribution is 5.95. The SMILES string of the molecule is CCCn1ncnc1CC(=O)c1cc(CC)nn1CC.